The van der Waals surface area contributed by atoms with Crippen LogP contribution < -0.4 is 5.32 Å². The van der Waals surface area contributed by atoms with Crippen molar-refractivity contribution in [3.8, 4) is 21.7 Å². The van der Waals surface area contributed by atoms with E-state index in [0.29, 0.717) is 5.13 Å². The molecule has 0 aliphatic carbocycles. The Balaban J connectivity index is 1.70. The molecule has 0 bridgehead atoms. The van der Waals surface area contributed by atoms with Gasteiger partial charge in [-0.05, 0) is 22.6 Å². The summed E-state index contributed by atoms with van der Waals surface area (Å²) in [4.78, 5) is 29.0. The summed E-state index contributed by atoms with van der Waals surface area (Å²) in [6.45, 7) is 6.51. The van der Waals surface area contributed by atoms with Gasteiger partial charge in [0.25, 0.3) is 5.91 Å². The van der Waals surface area contributed by atoms with Crippen molar-refractivity contribution in [1.82, 2.24) is 4.98 Å². The van der Waals surface area contributed by atoms with Gasteiger partial charge in [-0.2, -0.15) is 0 Å². The second-order valence-electron chi connectivity index (χ2n) is 8.24. The predicted octanol–water partition coefficient (Wildman–Crippen LogP) is 7.00. The highest BCUT2D eigenvalue weighted by molar-refractivity contribution is 7.20. The van der Waals surface area contributed by atoms with E-state index in [1.807, 2.05) is 30.3 Å². The van der Waals surface area contributed by atoms with Crippen LogP contribution in [-0.2, 0) is 5.41 Å². The van der Waals surface area contributed by atoms with E-state index < -0.39 is 10.8 Å². The van der Waals surface area contributed by atoms with E-state index >= 15 is 0 Å². The standard InChI is InChI=1S/C24H21N3O3S2/c1-24(2,3)17-11-9-15(10-12-17)20-21(16-7-5-4-6-8-16)32-23(25-20)26-22(28)18-13-14-19(31-18)27(29)30/h4-14H,1-3H3,(H,25,26,28). The van der Waals surface area contributed by atoms with Crippen molar-refractivity contribution < 1.29 is 9.72 Å². The minimum atomic E-state index is -0.502. The molecule has 162 valence electrons. The van der Waals surface area contributed by atoms with Gasteiger partial charge < -0.3 is 0 Å². The second-order valence-corrected chi connectivity index (χ2v) is 10.3. The average molecular weight is 464 g/mol. The largest absolute Gasteiger partial charge is 0.324 e. The molecule has 1 amide bonds. The summed E-state index contributed by atoms with van der Waals surface area (Å²) in [6.07, 6.45) is 0. The van der Waals surface area contributed by atoms with Gasteiger partial charge in [-0.3, -0.25) is 20.2 Å². The molecule has 2 aromatic carbocycles. The van der Waals surface area contributed by atoms with Gasteiger partial charge in [0.05, 0.1) is 20.4 Å². The maximum atomic E-state index is 12.6. The van der Waals surface area contributed by atoms with Gasteiger partial charge >= 0.3 is 5.00 Å². The lowest BCUT2D eigenvalue weighted by molar-refractivity contribution is -0.380. The molecule has 0 saturated heterocycles. The molecule has 32 heavy (non-hydrogen) atoms. The Kier molecular flexibility index (Phi) is 5.90. The zero-order valence-corrected chi connectivity index (χ0v) is 19.4. The number of thiophene rings is 1. The first-order valence-corrected chi connectivity index (χ1v) is 11.6. The number of thiazole rings is 1. The Morgan fingerprint density at radius 3 is 2.22 bits per heavy atom. The minimum absolute atomic E-state index is 0.0469. The zero-order chi connectivity index (χ0) is 22.9. The Morgan fingerprint density at radius 1 is 0.938 bits per heavy atom. The molecule has 0 saturated carbocycles. The first-order valence-electron chi connectivity index (χ1n) is 9.95. The van der Waals surface area contributed by atoms with E-state index in [4.69, 9.17) is 4.98 Å². The van der Waals surface area contributed by atoms with Gasteiger partial charge in [-0.15, -0.1) is 0 Å². The smallest absolute Gasteiger partial charge is 0.297 e. The first-order chi connectivity index (χ1) is 15.2. The van der Waals surface area contributed by atoms with Gasteiger partial charge in [-0.25, -0.2) is 4.98 Å². The summed E-state index contributed by atoms with van der Waals surface area (Å²) in [5, 5.41) is 14.1. The van der Waals surface area contributed by atoms with Crippen LogP contribution in [0.15, 0.2) is 66.7 Å². The molecule has 4 rings (SSSR count). The van der Waals surface area contributed by atoms with Gasteiger partial charge in [0.2, 0.25) is 0 Å². The van der Waals surface area contributed by atoms with E-state index in [1.165, 1.54) is 29.0 Å². The number of benzene rings is 2. The number of aromatic nitrogens is 1. The van der Waals surface area contributed by atoms with Crippen LogP contribution in [0, 0.1) is 10.1 Å². The van der Waals surface area contributed by atoms with Crippen LogP contribution in [0.25, 0.3) is 21.7 Å². The van der Waals surface area contributed by atoms with Crippen molar-refractivity contribution in [1.29, 1.82) is 0 Å². The number of nitro groups is 1. The quantitative estimate of drug-likeness (QED) is 0.255. The van der Waals surface area contributed by atoms with Gasteiger partial charge in [0.15, 0.2) is 5.13 Å². The number of amides is 1. The molecule has 2 aromatic heterocycles. The number of anilines is 1. The highest BCUT2D eigenvalue weighted by Crippen LogP contribution is 2.40. The number of carbonyl (C=O) groups is 1. The fraction of sp³-hybridized carbons (Fsp3) is 0.167. The fourth-order valence-corrected chi connectivity index (χ4v) is 4.89. The van der Waals surface area contributed by atoms with Gasteiger partial charge in [0, 0.05) is 11.6 Å². The Morgan fingerprint density at radius 2 is 1.62 bits per heavy atom. The Bertz CT molecular complexity index is 1270. The molecule has 2 heterocycles. The molecule has 0 atom stereocenters. The maximum absolute atomic E-state index is 12.6. The van der Waals surface area contributed by atoms with Crippen molar-refractivity contribution in [2.75, 3.05) is 5.32 Å². The molecule has 1 N–H and O–H groups in total. The minimum Gasteiger partial charge on any atom is -0.297 e. The summed E-state index contributed by atoms with van der Waals surface area (Å²) in [7, 11) is 0. The van der Waals surface area contributed by atoms with Crippen LogP contribution in [0.3, 0.4) is 0 Å². The number of rotatable bonds is 5. The number of hydrogen-bond donors (Lipinski definition) is 1. The monoisotopic (exact) mass is 463 g/mol. The summed E-state index contributed by atoms with van der Waals surface area (Å²) in [5.74, 6) is -0.411. The summed E-state index contributed by atoms with van der Waals surface area (Å²) in [6, 6.07) is 21.0. The van der Waals surface area contributed by atoms with Gasteiger partial charge in [-0.1, -0.05) is 98.0 Å². The number of nitrogens with zero attached hydrogens (tertiary/aromatic N) is 2. The molecule has 8 heteroatoms. The highest BCUT2D eigenvalue weighted by Gasteiger charge is 2.20. The lowest BCUT2D eigenvalue weighted by Gasteiger charge is -2.19. The predicted molar refractivity (Wildman–Crippen MR) is 131 cm³/mol. The average Bonchev–Trinajstić information content (AvgIpc) is 3.42. The fourth-order valence-electron chi connectivity index (χ4n) is 3.19. The molecule has 0 aliphatic heterocycles. The molecule has 0 fully saturated rings. The van der Waals surface area contributed by atoms with Crippen LogP contribution in [0.1, 0.15) is 36.0 Å². The zero-order valence-electron chi connectivity index (χ0n) is 17.8. The third kappa shape index (κ3) is 4.61. The normalized spacial score (nSPS) is 11.3. The summed E-state index contributed by atoms with van der Waals surface area (Å²) in [5.41, 5.74) is 4.03. The van der Waals surface area contributed by atoms with E-state index in [1.54, 1.807) is 0 Å². The Hall–Kier alpha value is -3.36. The molecule has 4 aromatic rings. The number of carbonyl (C=O) groups excluding carboxylic acids is 1. The highest BCUT2D eigenvalue weighted by atomic mass is 32.1. The molecule has 6 nitrogen and oxygen atoms in total. The molecular formula is C24H21N3O3S2. The van der Waals surface area contributed by atoms with Crippen LogP contribution in [-0.4, -0.2) is 15.8 Å². The van der Waals surface area contributed by atoms with Crippen molar-refractivity contribution in [3.05, 3.63) is 87.3 Å². The van der Waals surface area contributed by atoms with Crippen LogP contribution >= 0.6 is 22.7 Å². The number of nitrogens with one attached hydrogen (secondary N) is 1. The molecule has 0 aliphatic rings. The summed E-state index contributed by atoms with van der Waals surface area (Å²) >= 11 is 2.22. The van der Waals surface area contributed by atoms with Crippen LogP contribution in [0.5, 0.6) is 0 Å². The van der Waals surface area contributed by atoms with E-state index in [2.05, 4.69) is 50.4 Å². The second kappa shape index (κ2) is 8.64. The van der Waals surface area contributed by atoms with Crippen molar-refractivity contribution in [3.63, 3.8) is 0 Å². The third-order valence-electron chi connectivity index (χ3n) is 4.90. The molecular weight excluding hydrogens is 442 g/mol. The molecule has 0 radical (unpaired) electrons. The van der Waals surface area contributed by atoms with Gasteiger partial charge in [0.1, 0.15) is 0 Å². The Labute approximate surface area is 193 Å². The van der Waals surface area contributed by atoms with Crippen molar-refractivity contribution >= 4 is 38.7 Å². The van der Waals surface area contributed by atoms with Crippen molar-refractivity contribution in [2.45, 2.75) is 26.2 Å². The lowest BCUT2D eigenvalue weighted by atomic mass is 9.86. The van der Waals surface area contributed by atoms with Crippen LogP contribution in [0.4, 0.5) is 10.1 Å². The lowest BCUT2D eigenvalue weighted by Crippen LogP contribution is -2.10. The van der Waals surface area contributed by atoms with E-state index in [-0.39, 0.29) is 15.3 Å². The van der Waals surface area contributed by atoms with E-state index in [0.717, 1.165) is 33.0 Å². The topological polar surface area (TPSA) is 85.1 Å². The number of hydrogen-bond acceptors (Lipinski definition) is 6. The summed E-state index contributed by atoms with van der Waals surface area (Å²) < 4.78 is 0. The first kappa shape index (κ1) is 21.9. The van der Waals surface area contributed by atoms with Crippen molar-refractivity contribution in [2.24, 2.45) is 0 Å². The SMILES string of the molecule is CC(C)(C)c1ccc(-c2nc(NC(=O)c3ccc([N+](=O)[O-])s3)sc2-c2ccccc2)cc1. The third-order valence-corrected chi connectivity index (χ3v) is 6.96. The molecule has 0 spiro atoms. The maximum Gasteiger partial charge on any atom is 0.324 e. The molecule has 0 unspecified atom stereocenters. The van der Waals surface area contributed by atoms with E-state index in [9.17, 15) is 14.9 Å². The van der Waals surface area contributed by atoms with Crippen LogP contribution in [0.2, 0.25) is 0 Å².